The van der Waals surface area contributed by atoms with Gasteiger partial charge < -0.3 is 14.6 Å². The van der Waals surface area contributed by atoms with Gasteiger partial charge in [0.05, 0.1) is 6.54 Å². The summed E-state index contributed by atoms with van der Waals surface area (Å²) in [6.45, 7) is 1.74. The molecule has 1 saturated carbocycles. The van der Waals surface area contributed by atoms with E-state index in [9.17, 15) is 4.39 Å². The Balaban J connectivity index is 1.36. The number of aromatic nitrogens is 1. The van der Waals surface area contributed by atoms with Crippen molar-refractivity contribution in [2.45, 2.75) is 44.5 Å². The molecule has 2 heterocycles. The predicted octanol–water partition coefficient (Wildman–Crippen LogP) is 2.88. The molecular formula is C17H19FN2O. The van der Waals surface area contributed by atoms with Crippen LogP contribution >= 0.6 is 0 Å². The van der Waals surface area contributed by atoms with Crippen molar-refractivity contribution in [3.05, 3.63) is 53.6 Å². The minimum Gasteiger partial charge on any atom is -0.488 e. The molecule has 0 bridgehead atoms. The van der Waals surface area contributed by atoms with Gasteiger partial charge >= 0.3 is 0 Å². The zero-order chi connectivity index (χ0) is 14.2. The highest BCUT2D eigenvalue weighted by atomic mass is 19.1. The summed E-state index contributed by atoms with van der Waals surface area (Å²) in [6.07, 6.45) is 7.76. The zero-order valence-electron chi connectivity index (χ0n) is 11.9. The molecule has 0 amide bonds. The van der Waals surface area contributed by atoms with Crippen LogP contribution < -0.4 is 10.1 Å². The fourth-order valence-corrected chi connectivity index (χ4v) is 2.88. The van der Waals surface area contributed by atoms with E-state index < -0.39 is 0 Å². The lowest BCUT2D eigenvalue weighted by molar-refractivity contribution is 0.209. The van der Waals surface area contributed by atoms with Gasteiger partial charge in [-0.1, -0.05) is 0 Å². The van der Waals surface area contributed by atoms with Crippen LogP contribution in [0.5, 0.6) is 5.75 Å². The summed E-state index contributed by atoms with van der Waals surface area (Å²) in [6, 6.07) is 7.65. The van der Waals surface area contributed by atoms with Crippen molar-refractivity contribution in [3.63, 3.8) is 0 Å². The number of fused-ring (bicyclic) bond motifs is 1. The number of benzene rings is 1. The molecular weight excluding hydrogens is 267 g/mol. The van der Waals surface area contributed by atoms with Gasteiger partial charge in [0.2, 0.25) is 0 Å². The third-order valence-electron chi connectivity index (χ3n) is 4.16. The van der Waals surface area contributed by atoms with Crippen LogP contribution in [-0.4, -0.2) is 16.7 Å². The molecule has 0 saturated heterocycles. The predicted molar refractivity (Wildman–Crippen MR) is 78.8 cm³/mol. The Morgan fingerprint density at radius 1 is 1.29 bits per heavy atom. The van der Waals surface area contributed by atoms with Gasteiger partial charge in [0, 0.05) is 37.0 Å². The Bertz CT molecular complexity index is 648. The van der Waals surface area contributed by atoms with E-state index >= 15 is 0 Å². The van der Waals surface area contributed by atoms with E-state index in [0.29, 0.717) is 0 Å². The minimum atomic E-state index is -0.188. The lowest BCUT2D eigenvalue weighted by Crippen LogP contribution is -2.20. The maximum atomic E-state index is 13.2. The lowest BCUT2D eigenvalue weighted by Gasteiger charge is -2.11. The average molecular weight is 286 g/mol. The Kier molecular flexibility index (Phi) is 3.19. The molecule has 1 atom stereocenters. The van der Waals surface area contributed by atoms with Crippen molar-refractivity contribution in [3.8, 4) is 5.75 Å². The van der Waals surface area contributed by atoms with Gasteiger partial charge in [-0.2, -0.15) is 0 Å². The highest BCUT2D eigenvalue weighted by Crippen LogP contribution is 2.30. The van der Waals surface area contributed by atoms with Crippen molar-refractivity contribution in [2.24, 2.45) is 0 Å². The normalized spacial score (nSPS) is 20.3. The summed E-state index contributed by atoms with van der Waals surface area (Å²) in [5.41, 5.74) is 2.28. The van der Waals surface area contributed by atoms with Crippen LogP contribution in [0, 0.1) is 5.82 Å². The van der Waals surface area contributed by atoms with Gasteiger partial charge in [-0.15, -0.1) is 0 Å². The first kappa shape index (κ1) is 12.9. The summed E-state index contributed by atoms with van der Waals surface area (Å²) in [4.78, 5) is 0. The van der Waals surface area contributed by atoms with Gasteiger partial charge in [0.1, 0.15) is 17.7 Å². The summed E-state index contributed by atoms with van der Waals surface area (Å²) >= 11 is 0. The smallest absolute Gasteiger partial charge is 0.123 e. The van der Waals surface area contributed by atoms with Crippen LogP contribution in [0.2, 0.25) is 0 Å². The molecule has 3 nitrogen and oxygen atoms in total. The molecule has 0 radical (unpaired) electrons. The molecule has 2 aromatic rings. The molecule has 0 spiro atoms. The third kappa shape index (κ3) is 2.95. The molecule has 21 heavy (non-hydrogen) atoms. The second-order valence-electron chi connectivity index (χ2n) is 6.07. The summed E-state index contributed by atoms with van der Waals surface area (Å²) < 4.78 is 21.3. The molecule has 4 heteroatoms. The van der Waals surface area contributed by atoms with Crippen molar-refractivity contribution < 1.29 is 9.13 Å². The molecule has 1 unspecified atom stereocenters. The van der Waals surface area contributed by atoms with Crippen molar-refractivity contribution in [1.29, 1.82) is 0 Å². The van der Waals surface area contributed by atoms with E-state index in [2.05, 4.69) is 28.3 Å². The summed E-state index contributed by atoms with van der Waals surface area (Å²) in [5, 5.41) is 3.51. The Labute approximate surface area is 123 Å². The average Bonchev–Trinajstić information content (AvgIpc) is 3.05. The molecule has 1 aromatic heterocycles. The topological polar surface area (TPSA) is 26.2 Å². The molecule has 4 rings (SSSR count). The highest BCUT2D eigenvalue weighted by Gasteiger charge is 2.24. The fraction of sp³-hybridized carbons (Fsp3) is 0.412. The van der Waals surface area contributed by atoms with E-state index in [0.717, 1.165) is 36.9 Å². The van der Waals surface area contributed by atoms with Gasteiger partial charge in [-0.25, -0.2) is 4.39 Å². The minimum absolute atomic E-state index is 0.0958. The number of nitrogens with one attached hydrogen (secondary N) is 1. The molecule has 1 aromatic carbocycles. The van der Waals surface area contributed by atoms with Crippen molar-refractivity contribution >= 4 is 0 Å². The van der Waals surface area contributed by atoms with E-state index in [-0.39, 0.29) is 11.9 Å². The van der Waals surface area contributed by atoms with Gasteiger partial charge in [-0.3, -0.25) is 0 Å². The largest absolute Gasteiger partial charge is 0.488 e. The maximum Gasteiger partial charge on any atom is 0.123 e. The fourth-order valence-electron chi connectivity index (χ4n) is 2.88. The first-order valence-corrected chi connectivity index (χ1v) is 7.59. The van der Waals surface area contributed by atoms with Crippen LogP contribution in [0.1, 0.15) is 24.0 Å². The van der Waals surface area contributed by atoms with Crippen LogP contribution in [0.25, 0.3) is 0 Å². The van der Waals surface area contributed by atoms with E-state index in [1.165, 1.54) is 24.5 Å². The van der Waals surface area contributed by atoms with Crippen LogP contribution in [0.15, 0.2) is 36.7 Å². The SMILES string of the molecule is Fc1ccc2c(c1)CC(Cn1ccc(CNC3CC3)c1)O2. The van der Waals surface area contributed by atoms with E-state index in [1.807, 2.05) is 0 Å². The molecule has 1 aliphatic heterocycles. The van der Waals surface area contributed by atoms with Gasteiger partial charge in [0.15, 0.2) is 0 Å². The van der Waals surface area contributed by atoms with Gasteiger partial charge in [0.25, 0.3) is 0 Å². The zero-order valence-corrected chi connectivity index (χ0v) is 11.9. The summed E-state index contributed by atoms with van der Waals surface area (Å²) in [7, 11) is 0. The number of rotatable bonds is 5. The first-order chi connectivity index (χ1) is 10.3. The summed E-state index contributed by atoms with van der Waals surface area (Å²) in [5.74, 6) is 0.636. The second-order valence-corrected chi connectivity index (χ2v) is 6.07. The monoisotopic (exact) mass is 286 g/mol. The number of hydrogen-bond donors (Lipinski definition) is 1. The molecule has 110 valence electrons. The Hall–Kier alpha value is -1.81. The van der Waals surface area contributed by atoms with E-state index in [4.69, 9.17) is 4.74 Å². The van der Waals surface area contributed by atoms with Crippen molar-refractivity contribution in [1.82, 2.24) is 9.88 Å². The number of halogens is 1. The van der Waals surface area contributed by atoms with Gasteiger partial charge in [-0.05, 0) is 42.7 Å². The van der Waals surface area contributed by atoms with Crippen LogP contribution in [0.4, 0.5) is 4.39 Å². The second kappa shape index (κ2) is 5.19. The third-order valence-corrected chi connectivity index (χ3v) is 4.16. The first-order valence-electron chi connectivity index (χ1n) is 7.59. The number of nitrogens with zero attached hydrogens (tertiary/aromatic N) is 1. The van der Waals surface area contributed by atoms with Crippen molar-refractivity contribution in [2.75, 3.05) is 0 Å². The molecule has 1 N–H and O–H groups in total. The Morgan fingerprint density at radius 2 is 2.19 bits per heavy atom. The maximum absolute atomic E-state index is 13.2. The number of ether oxygens (including phenoxy) is 1. The van der Waals surface area contributed by atoms with Crippen LogP contribution in [-0.2, 0) is 19.5 Å². The number of hydrogen-bond acceptors (Lipinski definition) is 2. The lowest BCUT2D eigenvalue weighted by atomic mass is 10.1. The standard InChI is InChI=1S/C17H19FN2O/c18-14-1-4-17-13(7-14)8-16(21-17)11-20-6-5-12(10-20)9-19-15-2-3-15/h1,4-7,10,15-16,19H,2-3,8-9,11H2. The highest BCUT2D eigenvalue weighted by molar-refractivity contribution is 5.37. The molecule has 1 fully saturated rings. The molecule has 2 aliphatic rings. The Morgan fingerprint density at radius 3 is 3.05 bits per heavy atom. The van der Waals surface area contributed by atoms with E-state index in [1.54, 1.807) is 12.1 Å². The quantitative estimate of drug-likeness (QED) is 0.914. The van der Waals surface area contributed by atoms with Crippen LogP contribution in [0.3, 0.4) is 0 Å². The molecule has 1 aliphatic carbocycles.